The molecule has 0 N–H and O–H groups in total. The summed E-state index contributed by atoms with van der Waals surface area (Å²) in [5, 5.41) is 9.34. The number of rotatable bonds is 4. The fourth-order valence-corrected chi connectivity index (χ4v) is 6.03. The van der Waals surface area contributed by atoms with Crippen LogP contribution < -0.4 is 4.74 Å². The van der Waals surface area contributed by atoms with Crippen LogP contribution in [-0.4, -0.2) is 0 Å². The fourth-order valence-electron chi connectivity index (χ4n) is 6.03. The van der Waals surface area contributed by atoms with Gasteiger partial charge in [0.1, 0.15) is 11.5 Å². The van der Waals surface area contributed by atoms with E-state index in [1.807, 2.05) is 36.4 Å². The number of hydrogen-bond acceptors (Lipinski definition) is 2. The Morgan fingerprint density at radius 3 is 1.62 bits per heavy atom. The largest absolute Gasteiger partial charge is 0.457 e. The van der Waals surface area contributed by atoms with Crippen molar-refractivity contribution in [1.82, 2.24) is 0 Å². The zero-order chi connectivity index (χ0) is 26.9. The van der Waals surface area contributed by atoms with Crippen molar-refractivity contribution in [2.24, 2.45) is 0 Å². The van der Waals surface area contributed by atoms with E-state index in [1.165, 1.54) is 11.1 Å². The maximum atomic E-state index is 9.34. The van der Waals surface area contributed by atoms with E-state index in [1.54, 1.807) is 0 Å². The van der Waals surface area contributed by atoms with Crippen LogP contribution in [0, 0.1) is 11.3 Å². The average molecular weight is 512 g/mol. The lowest BCUT2D eigenvalue weighted by Gasteiger charge is -2.41. The summed E-state index contributed by atoms with van der Waals surface area (Å²) in [5.74, 6) is 1.75. The maximum Gasteiger partial charge on any atom is 0.132 e. The van der Waals surface area contributed by atoms with Crippen molar-refractivity contribution in [3.8, 4) is 39.8 Å². The first kappa shape index (κ1) is 23.7. The molecule has 0 atom stereocenters. The first-order chi connectivity index (χ1) is 19.8. The fraction of sp³-hybridized carbons (Fsp3) is 0.0263. The number of ether oxygens (including phenoxy) is 1. The smallest absolute Gasteiger partial charge is 0.132 e. The van der Waals surface area contributed by atoms with Gasteiger partial charge in [-0.2, -0.15) is 5.26 Å². The van der Waals surface area contributed by atoms with Crippen molar-refractivity contribution in [2.45, 2.75) is 5.41 Å². The van der Waals surface area contributed by atoms with Gasteiger partial charge in [0.15, 0.2) is 0 Å². The first-order valence-corrected chi connectivity index (χ1v) is 13.4. The molecule has 2 nitrogen and oxygen atoms in total. The van der Waals surface area contributed by atoms with Crippen molar-refractivity contribution < 1.29 is 4.74 Å². The second-order valence-corrected chi connectivity index (χ2v) is 10.1. The Kier molecular flexibility index (Phi) is 5.77. The molecule has 1 aliphatic rings. The highest BCUT2D eigenvalue weighted by Crippen LogP contribution is 2.55. The number of hydrogen-bond donors (Lipinski definition) is 0. The average Bonchev–Trinajstić information content (AvgIpc) is 3.04. The van der Waals surface area contributed by atoms with Crippen molar-refractivity contribution in [3.05, 3.63) is 179 Å². The van der Waals surface area contributed by atoms with Crippen molar-refractivity contribution in [1.29, 1.82) is 5.26 Å². The molecule has 0 aliphatic carbocycles. The van der Waals surface area contributed by atoms with Gasteiger partial charge in [-0.05, 0) is 63.7 Å². The molecule has 0 amide bonds. The zero-order valence-electron chi connectivity index (χ0n) is 21.8. The van der Waals surface area contributed by atoms with Gasteiger partial charge in [-0.15, -0.1) is 0 Å². The highest BCUT2D eigenvalue weighted by atomic mass is 16.5. The lowest BCUT2D eigenvalue weighted by molar-refractivity contribution is 0.434. The van der Waals surface area contributed by atoms with Crippen molar-refractivity contribution in [3.63, 3.8) is 0 Å². The summed E-state index contributed by atoms with van der Waals surface area (Å²) < 4.78 is 6.42. The van der Waals surface area contributed by atoms with E-state index in [0.717, 1.165) is 44.9 Å². The minimum atomic E-state index is -0.523. The van der Waals surface area contributed by atoms with Gasteiger partial charge in [-0.1, -0.05) is 121 Å². The highest BCUT2D eigenvalue weighted by molar-refractivity contribution is 5.75. The molecule has 2 heteroatoms. The van der Waals surface area contributed by atoms with E-state index < -0.39 is 5.41 Å². The SMILES string of the molecule is N#Cc1cccc(-c2cccc(-c3ccc(C4(c5ccccc5)c5ccccc5Oc5ccccc54)cc3)c2)c1. The van der Waals surface area contributed by atoms with Gasteiger partial charge >= 0.3 is 0 Å². The summed E-state index contributed by atoms with van der Waals surface area (Å²) in [4.78, 5) is 0. The molecule has 7 rings (SSSR count). The van der Waals surface area contributed by atoms with Gasteiger partial charge in [0.25, 0.3) is 0 Å². The van der Waals surface area contributed by atoms with E-state index in [2.05, 4.69) is 121 Å². The summed E-state index contributed by atoms with van der Waals surface area (Å²) in [6, 6.07) is 54.9. The third kappa shape index (κ3) is 3.80. The third-order valence-electron chi connectivity index (χ3n) is 7.85. The standard InChI is InChI=1S/C38H25NO/c39-26-27-10-8-11-29(24-27)31-13-9-12-30(25-31)28-20-22-33(23-21-28)38(32-14-2-1-3-15-32)34-16-4-6-18-36(34)40-37-19-7-5-17-35(37)38/h1-25H. The van der Waals surface area contributed by atoms with Gasteiger partial charge in [0.2, 0.25) is 0 Å². The molecular formula is C38H25NO. The molecule has 0 saturated carbocycles. The normalized spacial score (nSPS) is 12.9. The number of nitriles is 1. The topological polar surface area (TPSA) is 33.0 Å². The molecule has 1 heterocycles. The Morgan fingerprint density at radius 2 is 0.975 bits per heavy atom. The Labute approximate surface area is 234 Å². The highest BCUT2D eigenvalue weighted by Gasteiger charge is 2.44. The summed E-state index contributed by atoms with van der Waals surface area (Å²) in [7, 11) is 0. The Hall–Kier alpha value is -5.39. The number of para-hydroxylation sites is 2. The van der Waals surface area contributed by atoms with Gasteiger partial charge in [0, 0.05) is 11.1 Å². The molecule has 0 spiro atoms. The van der Waals surface area contributed by atoms with Gasteiger partial charge in [-0.25, -0.2) is 0 Å². The van der Waals surface area contributed by atoms with Crippen LogP contribution in [0.5, 0.6) is 11.5 Å². The Bertz CT molecular complexity index is 1830. The molecule has 6 aromatic carbocycles. The van der Waals surface area contributed by atoms with E-state index in [4.69, 9.17) is 4.74 Å². The molecule has 0 fully saturated rings. The van der Waals surface area contributed by atoms with Crippen LogP contribution in [0.3, 0.4) is 0 Å². The van der Waals surface area contributed by atoms with E-state index in [-0.39, 0.29) is 0 Å². The molecule has 0 saturated heterocycles. The van der Waals surface area contributed by atoms with E-state index >= 15 is 0 Å². The molecule has 40 heavy (non-hydrogen) atoms. The minimum Gasteiger partial charge on any atom is -0.457 e. The first-order valence-electron chi connectivity index (χ1n) is 13.4. The van der Waals surface area contributed by atoms with Crippen molar-refractivity contribution >= 4 is 0 Å². The van der Waals surface area contributed by atoms with E-state index in [9.17, 15) is 5.26 Å². The van der Waals surface area contributed by atoms with Gasteiger partial charge < -0.3 is 4.74 Å². The number of benzene rings is 6. The Balaban J connectivity index is 1.39. The number of fused-ring (bicyclic) bond motifs is 2. The molecular weight excluding hydrogens is 486 g/mol. The summed E-state index contributed by atoms with van der Waals surface area (Å²) in [5.41, 5.74) is 9.18. The molecule has 1 aliphatic heterocycles. The molecule has 0 radical (unpaired) electrons. The maximum absolute atomic E-state index is 9.34. The van der Waals surface area contributed by atoms with Crippen LogP contribution in [0.2, 0.25) is 0 Å². The summed E-state index contributed by atoms with van der Waals surface area (Å²) in [6.45, 7) is 0. The summed E-state index contributed by atoms with van der Waals surface area (Å²) >= 11 is 0. The molecule has 0 aromatic heterocycles. The van der Waals surface area contributed by atoms with Crippen LogP contribution in [0.25, 0.3) is 22.3 Å². The lowest BCUT2D eigenvalue weighted by Crippen LogP contribution is -2.34. The van der Waals surface area contributed by atoms with Gasteiger partial charge in [0.05, 0.1) is 17.0 Å². The lowest BCUT2D eigenvalue weighted by atomic mass is 9.63. The third-order valence-corrected chi connectivity index (χ3v) is 7.85. The van der Waals surface area contributed by atoms with Crippen LogP contribution >= 0.6 is 0 Å². The monoisotopic (exact) mass is 511 g/mol. The minimum absolute atomic E-state index is 0.523. The second-order valence-electron chi connectivity index (χ2n) is 10.1. The van der Waals surface area contributed by atoms with Gasteiger partial charge in [-0.3, -0.25) is 0 Å². The molecule has 188 valence electrons. The van der Waals surface area contributed by atoms with Crippen LogP contribution in [0.4, 0.5) is 0 Å². The predicted octanol–water partition coefficient (Wildman–Crippen LogP) is 9.38. The second kappa shape index (κ2) is 9.73. The quantitative estimate of drug-likeness (QED) is 0.236. The zero-order valence-corrected chi connectivity index (χ0v) is 21.8. The van der Waals surface area contributed by atoms with E-state index in [0.29, 0.717) is 5.56 Å². The Morgan fingerprint density at radius 1 is 0.450 bits per heavy atom. The van der Waals surface area contributed by atoms with Crippen LogP contribution in [0.15, 0.2) is 152 Å². The molecule has 6 aromatic rings. The van der Waals surface area contributed by atoms with Crippen LogP contribution in [-0.2, 0) is 5.41 Å². The molecule has 0 bridgehead atoms. The van der Waals surface area contributed by atoms with Crippen molar-refractivity contribution in [2.75, 3.05) is 0 Å². The molecule has 0 unspecified atom stereocenters. The van der Waals surface area contributed by atoms with Crippen LogP contribution in [0.1, 0.15) is 27.8 Å². The predicted molar refractivity (Wildman–Crippen MR) is 160 cm³/mol. The number of nitrogens with zero attached hydrogens (tertiary/aromatic N) is 1. The summed E-state index contributed by atoms with van der Waals surface area (Å²) in [6.07, 6.45) is 0.